The lowest BCUT2D eigenvalue weighted by molar-refractivity contribution is -0.162. The van der Waals surface area contributed by atoms with E-state index in [4.69, 9.17) is 13.9 Å². The van der Waals surface area contributed by atoms with Crippen LogP contribution < -0.4 is 0 Å². The molecule has 1 aliphatic heterocycles. The molecule has 0 aromatic rings. The Kier molecular flexibility index (Phi) is 14.3. The van der Waals surface area contributed by atoms with Gasteiger partial charge in [-0.1, -0.05) is 66.7 Å². The predicted octanol–water partition coefficient (Wildman–Crippen LogP) is 9.49. The van der Waals surface area contributed by atoms with Crippen molar-refractivity contribution in [3.05, 3.63) is 33.5 Å². The summed E-state index contributed by atoms with van der Waals surface area (Å²) in [4.78, 5) is 0. The maximum atomic E-state index is 6.80. The van der Waals surface area contributed by atoms with E-state index in [1.165, 1.54) is 24.0 Å². The molecule has 0 spiro atoms. The van der Waals surface area contributed by atoms with Gasteiger partial charge in [-0.25, -0.2) is 0 Å². The standard InChI is InChI=1S/C28H51IO3Si/c1-24(14-11-15-25(2)17-13-23-31-26-18-9-10-22-30-26)16-12-19-28(6,20-21-29)32-33(7,8)27(3,4)5/h15-16,20-21,26H,9-14,17-19,22-23H2,1-8H3/b21-20+,24-16+,25-15+. The van der Waals surface area contributed by atoms with E-state index >= 15 is 0 Å². The Bertz CT molecular complexity index is 642. The van der Waals surface area contributed by atoms with Crippen LogP contribution in [0.2, 0.25) is 18.1 Å². The van der Waals surface area contributed by atoms with Gasteiger partial charge in [-0.05, 0) is 107 Å². The molecule has 0 aliphatic carbocycles. The summed E-state index contributed by atoms with van der Waals surface area (Å²) >= 11 is 2.32. The van der Waals surface area contributed by atoms with E-state index in [0.29, 0.717) is 0 Å². The smallest absolute Gasteiger partial charge is 0.193 e. The van der Waals surface area contributed by atoms with Gasteiger partial charge in [0.1, 0.15) is 0 Å². The third kappa shape index (κ3) is 13.1. The first-order valence-corrected chi connectivity index (χ1v) is 17.1. The summed E-state index contributed by atoms with van der Waals surface area (Å²) < 4.78 is 20.4. The zero-order valence-corrected chi connectivity index (χ0v) is 25.9. The molecule has 2 unspecified atom stereocenters. The Morgan fingerprint density at radius 2 is 1.70 bits per heavy atom. The quantitative estimate of drug-likeness (QED) is 0.0873. The van der Waals surface area contributed by atoms with Crippen LogP contribution in [0, 0.1) is 0 Å². The normalized spacial score (nSPS) is 20.9. The molecule has 1 rings (SSSR count). The minimum absolute atomic E-state index is 0.0392. The van der Waals surface area contributed by atoms with Gasteiger partial charge < -0.3 is 13.9 Å². The van der Waals surface area contributed by atoms with E-state index in [0.717, 1.165) is 58.2 Å². The topological polar surface area (TPSA) is 27.7 Å². The summed E-state index contributed by atoms with van der Waals surface area (Å²) in [6.45, 7) is 20.0. The third-order valence-electron chi connectivity index (χ3n) is 7.03. The van der Waals surface area contributed by atoms with Gasteiger partial charge >= 0.3 is 0 Å². The second-order valence-electron chi connectivity index (χ2n) is 11.4. The van der Waals surface area contributed by atoms with Gasteiger partial charge in [0.25, 0.3) is 0 Å². The molecule has 192 valence electrons. The summed E-state index contributed by atoms with van der Waals surface area (Å²) in [5, 5.41) is 0.221. The Hall–Kier alpha value is 0.0469. The van der Waals surface area contributed by atoms with E-state index in [2.05, 4.69) is 99.5 Å². The number of hydrogen-bond donors (Lipinski definition) is 0. The van der Waals surface area contributed by atoms with Gasteiger partial charge in [0.05, 0.1) is 12.2 Å². The molecular formula is C28H51IO3Si. The molecule has 1 fully saturated rings. The molecule has 0 radical (unpaired) electrons. The van der Waals surface area contributed by atoms with Crippen LogP contribution in [0.1, 0.15) is 99.3 Å². The van der Waals surface area contributed by atoms with Gasteiger partial charge in [0.2, 0.25) is 0 Å². The van der Waals surface area contributed by atoms with Crippen LogP contribution in [0.3, 0.4) is 0 Å². The number of allylic oxidation sites excluding steroid dienone is 4. The van der Waals surface area contributed by atoms with E-state index in [1.807, 2.05) is 0 Å². The van der Waals surface area contributed by atoms with Crippen molar-refractivity contribution in [1.29, 1.82) is 0 Å². The van der Waals surface area contributed by atoms with E-state index < -0.39 is 8.32 Å². The van der Waals surface area contributed by atoms with Gasteiger partial charge in [-0.3, -0.25) is 0 Å². The van der Waals surface area contributed by atoms with Crippen molar-refractivity contribution in [3.8, 4) is 0 Å². The third-order valence-corrected chi connectivity index (χ3v) is 12.0. The fourth-order valence-electron chi connectivity index (χ4n) is 3.80. The molecule has 0 N–H and O–H groups in total. The SMILES string of the molecule is C/C(=C\CCC(C)(/C=C/I)O[Si](C)(C)C(C)(C)C)CC/C=C(\C)CCCOC1CCCCO1. The second kappa shape index (κ2) is 15.2. The van der Waals surface area contributed by atoms with Crippen LogP contribution in [0.15, 0.2) is 33.5 Å². The summed E-state index contributed by atoms with van der Waals surface area (Å²) in [6.07, 6.45) is 17.1. The highest BCUT2D eigenvalue weighted by atomic mass is 127. The van der Waals surface area contributed by atoms with Crippen LogP contribution in [-0.4, -0.2) is 33.4 Å². The predicted molar refractivity (Wildman–Crippen MR) is 155 cm³/mol. The van der Waals surface area contributed by atoms with Gasteiger partial charge in [0.15, 0.2) is 14.6 Å². The van der Waals surface area contributed by atoms with Gasteiger partial charge in [-0.15, -0.1) is 0 Å². The molecule has 1 aliphatic rings. The maximum Gasteiger partial charge on any atom is 0.193 e. The molecule has 3 nitrogen and oxygen atoms in total. The number of ether oxygens (including phenoxy) is 2. The highest BCUT2D eigenvalue weighted by molar-refractivity contribution is 14.1. The van der Waals surface area contributed by atoms with Crippen molar-refractivity contribution in [2.24, 2.45) is 0 Å². The van der Waals surface area contributed by atoms with Crippen molar-refractivity contribution in [2.75, 3.05) is 13.2 Å². The molecular weight excluding hydrogens is 539 g/mol. The summed E-state index contributed by atoms with van der Waals surface area (Å²) in [5.41, 5.74) is 2.76. The van der Waals surface area contributed by atoms with Crippen LogP contribution in [-0.2, 0) is 13.9 Å². The Morgan fingerprint density at radius 3 is 2.30 bits per heavy atom. The average Bonchev–Trinajstić information content (AvgIpc) is 2.71. The van der Waals surface area contributed by atoms with Crippen LogP contribution in [0.4, 0.5) is 0 Å². The molecule has 5 heteroatoms. The fourth-order valence-corrected chi connectivity index (χ4v) is 6.20. The first kappa shape index (κ1) is 31.1. The lowest BCUT2D eigenvalue weighted by atomic mass is 9.99. The van der Waals surface area contributed by atoms with Crippen molar-refractivity contribution >= 4 is 30.9 Å². The molecule has 1 heterocycles. The first-order valence-electron chi connectivity index (χ1n) is 12.9. The first-order chi connectivity index (χ1) is 15.4. The highest BCUT2D eigenvalue weighted by Gasteiger charge is 2.41. The molecule has 0 aromatic heterocycles. The molecule has 2 atom stereocenters. The zero-order valence-electron chi connectivity index (χ0n) is 22.8. The molecule has 0 saturated carbocycles. The lowest BCUT2D eigenvalue weighted by Gasteiger charge is -2.43. The van der Waals surface area contributed by atoms with Crippen LogP contribution >= 0.6 is 22.6 Å². The maximum absolute atomic E-state index is 6.80. The number of hydrogen-bond acceptors (Lipinski definition) is 3. The zero-order chi connectivity index (χ0) is 25.0. The van der Waals surface area contributed by atoms with Crippen molar-refractivity contribution in [3.63, 3.8) is 0 Å². The average molecular weight is 591 g/mol. The molecule has 33 heavy (non-hydrogen) atoms. The van der Waals surface area contributed by atoms with Gasteiger partial charge in [-0.2, -0.15) is 0 Å². The van der Waals surface area contributed by atoms with E-state index in [-0.39, 0.29) is 16.9 Å². The number of halogens is 1. The minimum Gasteiger partial charge on any atom is -0.408 e. The Morgan fingerprint density at radius 1 is 1.03 bits per heavy atom. The summed E-state index contributed by atoms with van der Waals surface area (Å²) in [7, 11) is -1.81. The number of rotatable bonds is 14. The monoisotopic (exact) mass is 590 g/mol. The second-order valence-corrected chi connectivity index (χ2v) is 16.9. The Balaban J connectivity index is 2.37. The molecule has 0 bridgehead atoms. The molecule has 0 aromatic carbocycles. The lowest BCUT2D eigenvalue weighted by Crippen LogP contribution is -2.47. The van der Waals surface area contributed by atoms with E-state index in [9.17, 15) is 0 Å². The van der Waals surface area contributed by atoms with E-state index in [1.54, 1.807) is 0 Å². The summed E-state index contributed by atoms with van der Waals surface area (Å²) in [5.74, 6) is 0. The van der Waals surface area contributed by atoms with Gasteiger partial charge in [0, 0.05) is 6.61 Å². The highest BCUT2D eigenvalue weighted by Crippen LogP contribution is 2.40. The van der Waals surface area contributed by atoms with Crippen LogP contribution in [0.5, 0.6) is 0 Å². The largest absolute Gasteiger partial charge is 0.408 e. The molecule has 1 saturated heterocycles. The summed E-state index contributed by atoms with van der Waals surface area (Å²) in [6, 6.07) is 0. The molecule has 0 amide bonds. The fraction of sp³-hybridized carbons (Fsp3) is 0.786. The van der Waals surface area contributed by atoms with Crippen LogP contribution in [0.25, 0.3) is 0 Å². The Labute approximate surface area is 220 Å². The van der Waals surface area contributed by atoms with Crippen molar-refractivity contribution in [1.82, 2.24) is 0 Å². The van der Waals surface area contributed by atoms with Crippen molar-refractivity contribution < 1.29 is 13.9 Å². The minimum atomic E-state index is -1.81. The van der Waals surface area contributed by atoms with Crippen molar-refractivity contribution in [2.45, 2.75) is 129 Å².